The van der Waals surface area contributed by atoms with Gasteiger partial charge < -0.3 is 5.11 Å². The van der Waals surface area contributed by atoms with E-state index in [0.29, 0.717) is 0 Å². The maximum Gasteiger partial charge on any atom is 0.0963 e. The summed E-state index contributed by atoms with van der Waals surface area (Å²) < 4.78 is 0. The Labute approximate surface area is 112 Å². The molecule has 0 saturated heterocycles. The van der Waals surface area contributed by atoms with Crippen LogP contribution in [0.3, 0.4) is 0 Å². The first-order valence-electron chi connectivity index (χ1n) is 5.97. The molecular formula is C15H17NOS. The fraction of sp³-hybridized carbons (Fsp3) is 0.267. The first kappa shape index (κ1) is 13.1. The second kappa shape index (κ2) is 6.03. The normalized spacial score (nSPS) is 12.4. The molecule has 0 fully saturated rings. The molecule has 2 aromatic rings. The van der Waals surface area contributed by atoms with E-state index in [1.807, 2.05) is 12.1 Å². The van der Waals surface area contributed by atoms with Gasteiger partial charge in [0.2, 0.25) is 0 Å². The number of pyridine rings is 1. The molecule has 0 amide bonds. The molecule has 1 aromatic heterocycles. The predicted octanol–water partition coefficient (Wildman–Crippen LogP) is 3.74. The van der Waals surface area contributed by atoms with Crippen LogP contribution < -0.4 is 0 Å². The summed E-state index contributed by atoms with van der Waals surface area (Å²) in [4.78, 5) is 4.34. The van der Waals surface area contributed by atoms with Gasteiger partial charge in [0.05, 0.1) is 11.1 Å². The average Bonchev–Trinajstić information content (AvgIpc) is 2.37. The summed E-state index contributed by atoms with van der Waals surface area (Å²) in [6.45, 7) is 3.85. The number of aliphatic hydroxyl groups excluding tert-OH is 1. The average molecular weight is 259 g/mol. The van der Waals surface area contributed by atoms with E-state index in [0.717, 1.165) is 16.3 Å². The predicted molar refractivity (Wildman–Crippen MR) is 75.6 cm³/mol. The summed E-state index contributed by atoms with van der Waals surface area (Å²) in [6, 6.07) is 12.4. The van der Waals surface area contributed by atoms with E-state index in [4.69, 9.17) is 0 Å². The third-order valence-corrected chi connectivity index (χ3v) is 3.73. The minimum Gasteiger partial charge on any atom is -0.389 e. The molecule has 0 spiro atoms. The molecule has 1 aromatic carbocycles. The molecule has 0 aliphatic rings. The van der Waals surface area contributed by atoms with Gasteiger partial charge >= 0.3 is 0 Å². The highest BCUT2D eigenvalue weighted by atomic mass is 32.2. The molecule has 94 valence electrons. The van der Waals surface area contributed by atoms with Gasteiger partial charge in [-0.05, 0) is 31.0 Å². The third kappa shape index (κ3) is 3.59. The zero-order valence-corrected chi connectivity index (χ0v) is 11.4. The Morgan fingerprint density at radius 3 is 2.72 bits per heavy atom. The van der Waals surface area contributed by atoms with Crippen LogP contribution in [-0.2, 0) is 5.75 Å². The van der Waals surface area contributed by atoms with E-state index in [1.165, 1.54) is 11.1 Å². The Morgan fingerprint density at radius 1 is 1.28 bits per heavy atom. The zero-order valence-electron chi connectivity index (χ0n) is 10.6. The van der Waals surface area contributed by atoms with Crippen molar-refractivity contribution in [1.82, 2.24) is 4.98 Å². The van der Waals surface area contributed by atoms with E-state index in [1.54, 1.807) is 24.9 Å². The van der Waals surface area contributed by atoms with Crippen molar-refractivity contribution in [3.63, 3.8) is 0 Å². The van der Waals surface area contributed by atoms with Gasteiger partial charge in [0.25, 0.3) is 0 Å². The van der Waals surface area contributed by atoms with Gasteiger partial charge in [-0.2, -0.15) is 0 Å². The highest BCUT2D eigenvalue weighted by molar-refractivity contribution is 7.98. The molecule has 0 saturated carbocycles. The molecule has 0 aliphatic heterocycles. The van der Waals surface area contributed by atoms with Crippen LogP contribution in [0.1, 0.15) is 29.7 Å². The van der Waals surface area contributed by atoms with E-state index < -0.39 is 6.10 Å². The van der Waals surface area contributed by atoms with Crippen molar-refractivity contribution >= 4 is 11.8 Å². The van der Waals surface area contributed by atoms with Crippen molar-refractivity contribution in [3.05, 3.63) is 59.3 Å². The fourth-order valence-electron chi connectivity index (χ4n) is 1.68. The van der Waals surface area contributed by atoms with Gasteiger partial charge in [0, 0.05) is 11.9 Å². The van der Waals surface area contributed by atoms with Gasteiger partial charge in [-0.25, -0.2) is 4.98 Å². The number of hydrogen-bond acceptors (Lipinski definition) is 3. The second-order valence-electron chi connectivity index (χ2n) is 4.38. The summed E-state index contributed by atoms with van der Waals surface area (Å²) in [5, 5.41) is 10.4. The van der Waals surface area contributed by atoms with Crippen LogP contribution in [0.15, 0.2) is 47.6 Å². The number of hydrogen-bond donors (Lipinski definition) is 1. The van der Waals surface area contributed by atoms with Gasteiger partial charge in [0.15, 0.2) is 0 Å². The molecule has 2 nitrogen and oxygen atoms in total. The monoisotopic (exact) mass is 259 g/mol. The smallest absolute Gasteiger partial charge is 0.0963 e. The molecule has 0 aliphatic carbocycles. The lowest BCUT2D eigenvalue weighted by Gasteiger charge is -2.05. The zero-order chi connectivity index (χ0) is 13.0. The van der Waals surface area contributed by atoms with Crippen molar-refractivity contribution in [2.24, 2.45) is 0 Å². The lowest BCUT2D eigenvalue weighted by molar-refractivity contribution is 0.198. The SMILES string of the molecule is Cc1cccc(CSc2ccc(C(C)O)cn2)c1. The first-order valence-corrected chi connectivity index (χ1v) is 6.96. The van der Waals surface area contributed by atoms with Crippen molar-refractivity contribution in [1.29, 1.82) is 0 Å². The molecule has 18 heavy (non-hydrogen) atoms. The minimum absolute atomic E-state index is 0.451. The lowest BCUT2D eigenvalue weighted by atomic mass is 10.2. The van der Waals surface area contributed by atoms with E-state index in [9.17, 15) is 5.11 Å². The number of benzene rings is 1. The number of thioether (sulfide) groups is 1. The standard InChI is InChI=1S/C15H17NOS/c1-11-4-3-5-13(8-11)10-18-15-7-6-14(9-16-15)12(2)17/h3-9,12,17H,10H2,1-2H3. The second-order valence-corrected chi connectivity index (χ2v) is 5.38. The van der Waals surface area contributed by atoms with E-state index >= 15 is 0 Å². The van der Waals surface area contributed by atoms with Crippen LogP contribution in [0.4, 0.5) is 0 Å². The summed E-state index contributed by atoms with van der Waals surface area (Å²) >= 11 is 1.71. The lowest BCUT2D eigenvalue weighted by Crippen LogP contribution is -1.92. The van der Waals surface area contributed by atoms with Crippen LogP contribution in [-0.4, -0.2) is 10.1 Å². The highest BCUT2D eigenvalue weighted by Crippen LogP contribution is 2.22. The number of aryl methyl sites for hydroxylation is 1. The third-order valence-electron chi connectivity index (χ3n) is 2.71. The molecule has 1 unspecified atom stereocenters. The molecule has 1 heterocycles. The fourth-order valence-corrected chi connectivity index (χ4v) is 2.47. The van der Waals surface area contributed by atoms with Gasteiger partial charge in [-0.1, -0.05) is 35.9 Å². The largest absolute Gasteiger partial charge is 0.389 e. The molecule has 1 N–H and O–H groups in total. The topological polar surface area (TPSA) is 33.1 Å². The Bertz CT molecular complexity index is 508. The highest BCUT2D eigenvalue weighted by Gasteiger charge is 2.02. The number of aliphatic hydroxyl groups is 1. The number of aromatic nitrogens is 1. The summed E-state index contributed by atoms with van der Waals surface area (Å²) in [5.41, 5.74) is 3.45. The molecule has 1 atom stereocenters. The number of nitrogens with zero attached hydrogens (tertiary/aromatic N) is 1. The van der Waals surface area contributed by atoms with Crippen molar-refractivity contribution in [2.75, 3.05) is 0 Å². The molecule has 0 radical (unpaired) electrons. The quantitative estimate of drug-likeness (QED) is 0.849. The van der Waals surface area contributed by atoms with Crippen LogP contribution in [0, 0.1) is 6.92 Å². The van der Waals surface area contributed by atoms with Crippen LogP contribution in [0.25, 0.3) is 0 Å². The van der Waals surface area contributed by atoms with Crippen LogP contribution in [0.5, 0.6) is 0 Å². The van der Waals surface area contributed by atoms with Crippen molar-refractivity contribution in [3.8, 4) is 0 Å². The summed E-state index contributed by atoms with van der Waals surface area (Å²) in [5.74, 6) is 0.919. The Kier molecular flexibility index (Phi) is 4.39. The minimum atomic E-state index is -0.451. The molecule has 3 heteroatoms. The maximum absolute atomic E-state index is 9.41. The Hall–Kier alpha value is -1.32. The number of rotatable bonds is 4. The summed E-state index contributed by atoms with van der Waals surface area (Å²) in [6.07, 6.45) is 1.29. The Morgan fingerprint density at radius 2 is 2.11 bits per heavy atom. The Balaban J connectivity index is 1.98. The van der Waals surface area contributed by atoms with Crippen molar-refractivity contribution < 1.29 is 5.11 Å². The van der Waals surface area contributed by atoms with Crippen LogP contribution in [0.2, 0.25) is 0 Å². The maximum atomic E-state index is 9.41. The van der Waals surface area contributed by atoms with E-state index in [-0.39, 0.29) is 0 Å². The summed E-state index contributed by atoms with van der Waals surface area (Å²) in [7, 11) is 0. The first-order chi connectivity index (χ1) is 8.65. The van der Waals surface area contributed by atoms with Crippen LogP contribution >= 0.6 is 11.8 Å². The van der Waals surface area contributed by atoms with E-state index in [2.05, 4.69) is 36.2 Å². The van der Waals surface area contributed by atoms with Gasteiger partial charge in [-0.3, -0.25) is 0 Å². The van der Waals surface area contributed by atoms with Crippen molar-refractivity contribution in [2.45, 2.75) is 30.7 Å². The molecule has 0 bridgehead atoms. The van der Waals surface area contributed by atoms with Gasteiger partial charge in [-0.15, -0.1) is 11.8 Å². The molecule has 2 rings (SSSR count). The molecular weight excluding hydrogens is 242 g/mol. The van der Waals surface area contributed by atoms with Gasteiger partial charge in [0.1, 0.15) is 0 Å².